The molecule has 7 heteroatoms. The van der Waals surface area contributed by atoms with Gasteiger partial charge in [0.1, 0.15) is 5.69 Å². The van der Waals surface area contributed by atoms with E-state index in [0.29, 0.717) is 11.6 Å². The third kappa shape index (κ3) is 5.12. The number of rotatable bonds is 4. The molecule has 0 spiro atoms. The summed E-state index contributed by atoms with van der Waals surface area (Å²) in [5, 5.41) is 10.8. The van der Waals surface area contributed by atoms with Crippen LogP contribution in [0.4, 0.5) is 0 Å². The van der Waals surface area contributed by atoms with Crippen LogP contribution in [0.25, 0.3) is 10.9 Å². The Morgan fingerprint density at radius 2 is 2.07 bits per heavy atom. The predicted molar refractivity (Wildman–Crippen MR) is 114 cm³/mol. The van der Waals surface area contributed by atoms with Gasteiger partial charge in [-0.25, -0.2) is 0 Å². The molecule has 1 aliphatic rings. The van der Waals surface area contributed by atoms with E-state index in [1.807, 2.05) is 51.4 Å². The Bertz CT molecular complexity index is 988. The molecule has 0 aliphatic carbocycles. The van der Waals surface area contributed by atoms with Gasteiger partial charge >= 0.3 is 0 Å². The van der Waals surface area contributed by atoms with E-state index in [2.05, 4.69) is 32.0 Å². The summed E-state index contributed by atoms with van der Waals surface area (Å²) in [5.74, 6) is 0.437. The van der Waals surface area contributed by atoms with Gasteiger partial charge in [0.25, 0.3) is 5.91 Å². The van der Waals surface area contributed by atoms with Crippen molar-refractivity contribution in [1.29, 1.82) is 0 Å². The highest BCUT2D eigenvalue weighted by molar-refractivity contribution is 5.98. The fourth-order valence-electron chi connectivity index (χ4n) is 3.45. The van der Waals surface area contributed by atoms with E-state index in [0.717, 1.165) is 48.0 Å². The number of aryl methyl sites for hydroxylation is 1. The summed E-state index contributed by atoms with van der Waals surface area (Å²) >= 11 is 0. The van der Waals surface area contributed by atoms with Crippen molar-refractivity contribution in [2.24, 2.45) is 7.05 Å². The molecule has 154 valence electrons. The minimum Gasteiger partial charge on any atom is -0.351 e. The van der Waals surface area contributed by atoms with Gasteiger partial charge in [0.05, 0.1) is 0 Å². The summed E-state index contributed by atoms with van der Waals surface area (Å²) in [7, 11) is 4.10. The number of aromatic amines is 1. The van der Waals surface area contributed by atoms with Crippen LogP contribution < -0.4 is 5.32 Å². The Morgan fingerprint density at radius 3 is 2.66 bits per heavy atom. The van der Waals surface area contributed by atoms with Crippen LogP contribution >= 0.6 is 0 Å². The molecule has 0 saturated carbocycles. The zero-order chi connectivity index (χ0) is 21.0. The number of nitrogens with zero attached hydrogens (tertiary/aromatic N) is 3. The lowest BCUT2D eigenvalue weighted by Gasteiger charge is -2.13. The molecule has 1 atom stereocenters. The van der Waals surface area contributed by atoms with Crippen molar-refractivity contribution in [3.63, 3.8) is 0 Å². The minimum atomic E-state index is 0.0334. The standard InChI is InChI=1S/C15H19N3O.C7H10N2O/c1-17-7-6-13(10-17)16-15(19)12-3-4-14-11(9-12)5-8-18(14)2;1-5(2)7-3-6(4-10)8-9-7/h3-5,8-9,13H,6-7,10H2,1-2H3,(H,16,19);3-5H,1-2H3,(H,8,9). The third-order valence-electron chi connectivity index (χ3n) is 5.23. The third-order valence-corrected chi connectivity index (χ3v) is 5.23. The number of carbonyl (C=O) groups is 2. The molecule has 2 N–H and O–H groups in total. The van der Waals surface area contributed by atoms with E-state index in [1.54, 1.807) is 6.07 Å². The Kier molecular flexibility index (Phi) is 6.49. The van der Waals surface area contributed by atoms with Crippen LogP contribution in [0.2, 0.25) is 0 Å². The molecule has 1 aromatic carbocycles. The van der Waals surface area contributed by atoms with Gasteiger partial charge in [-0.3, -0.25) is 14.7 Å². The molecule has 29 heavy (non-hydrogen) atoms. The van der Waals surface area contributed by atoms with Crippen molar-refractivity contribution in [3.05, 3.63) is 53.5 Å². The molecule has 7 nitrogen and oxygen atoms in total. The molecule has 3 aromatic rings. The number of benzene rings is 1. The van der Waals surface area contributed by atoms with Gasteiger partial charge in [0.2, 0.25) is 0 Å². The monoisotopic (exact) mass is 395 g/mol. The zero-order valence-corrected chi connectivity index (χ0v) is 17.5. The van der Waals surface area contributed by atoms with Gasteiger partial charge in [-0.2, -0.15) is 5.10 Å². The molecule has 1 amide bonds. The van der Waals surface area contributed by atoms with Gasteiger partial charge < -0.3 is 14.8 Å². The number of hydrogen-bond acceptors (Lipinski definition) is 4. The highest BCUT2D eigenvalue weighted by Gasteiger charge is 2.21. The smallest absolute Gasteiger partial charge is 0.251 e. The maximum absolute atomic E-state index is 12.2. The molecule has 3 heterocycles. The zero-order valence-electron chi connectivity index (χ0n) is 17.5. The van der Waals surface area contributed by atoms with Gasteiger partial charge in [-0.05, 0) is 56.3 Å². The Hall–Kier alpha value is -2.93. The molecule has 1 unspecified atom stereocenters. The molecule has 0 bridgehead atoms. The highest BCUT2D eigenvalue weighted by atomic mass is 16.1. The van der Waals surface area contributed by atoms with Crippen LogP contribution in [-0.2, 0) is 7.05 Å². The second-order valence-electron chi connectivity index (χ2n) is 7.94. The first-order valence-electron chi connectivity index (χ1n) is 9.92. The SMILES string of the molecule is CC(C)c1cc(C=O)n[nH]1.CN1CCC(NC(=O)c2ccc3c(ccn3C)c2)C1. The molecule has 2 aromatic heterocycles. The molecular formula is C22H29N5O2. The number of aldehydes is 1. The van der Waals surface area contributed by atoms with E-state index in [-0.39, 0.29) is 11.9 Å². The first kappa shape index (κ1) is 20.8. The fourth-order valence-corrected chi connectivity index (χ4v) is 3.45. The number of carbonyl (C=O) groups excluding carboxylic acids is 2. The van der Waals surface area contributed by atoms with Crippen LogP contribution in [0.1, 0.15) is 52.7 Å². The molecule has 1 saturated heterocycles. The molecule has 0 radical (unpaired) electrons. The van der Waals surface area contributed by atoms with Crippen LogP contribution in [0.15, 0.2) is 36.5 Å². The number of fused-ring (bicyclic) bond motifs is 1. The number of likely N-dealkylation sites (tertiary alicyclic amines) is 1. The van der Waals surface area contributed by atoms with Crippen molar-refractivity contribution in [1.82, 2.24) is 25.0 Å². The van der Waals surface area contributed by atoms with Crippen LogP contribution in [0.5, 0.6) is 0 Å². The van der Waals surface area contributed by atoms with Crippen LogP contribution in [-0.4, -0.2) is 58.0 Å². The second-order valence-corrected chi connectivity index (χ2v) is 7.94. The Labute approximate surface area is 171 Å². The lowest BCUT2D eigenvalue weighted by molar-refractivity contribution is 0.0938. The van der Waals surface area contributed by atoms with E-state index < -0.39 is 0 Å². The first-order chi connectivity index (χ1) is 13.9. The molecule has 4 rings (SSSR count). The number of H-pyrrole nitrogens is 1. The number of amides is 1. The predicted octanol–water partition coefficient (Wildman–Crippen LogP) is 2.96. The summed E-state index contributed by atoms with van der Waals surface area (Å²) in [4.78, 5) is 24.6. The fraction of sp³-hybridized carbons (Fsp3) is 0.409. The van der Waals surface area contributed by atoms with Gasteiger partial charge in [-0.15, -0.1) is 0 Å². The van der Waals surface area contributed by atoms with Gasteiger partial charge in [0, 0.05) is 48.0 Å². The number of aromatic nitrogens is 3. The molecule has 1 fully saturated rings. The quantitative estimate of drug-likeness (QED) is 0.666. The van der Waals surface area contributed by atoms with Crippen molar-refractivity contribution >= 4 is 23.1 Å². The average Bonchev–Trinajstić information content (AvgIpc) is 3.43. The number of likely N-dealkylation sites (N-methyl/N-ethyl adjacent to an activating group) is 1. The van der Waals surface area contributed by atoms with E-state index in [9.17, 15) is 9.59 Å². The maximum atomic E-state index is 12.2. The number of hydrogen-bond donors (Lipinski definition) is 2. The van der Waals surface area contributed by atoms with Crippen molar-refractivity contribution in [3.8, 4) is 0 Å². The van der Waals surface area contributed by atoms with Crippen LogP contribution in [0, 0.1) is 0 Å². The maximum Gasteiger partial charge on any atom is 0.251 e. The van der Waals surface area contributed by atoms with Gasteiger partial charge in [0.15, 0.2) is 6.29 Å². The highest BCUT2D eigenvalue weighted by Crippen LogP contribution is 2.17. The Balaban J connectivity index is 0.000000204. The van der Waals surface area contributed by atoms with E-state index >= 15 is 0 Å². The summed E-state index contributed by atoms with van der Waals surface area (Å²) in [6.07, 6.45) is 3.79. The summed E-state index contributed by atoms with van der Waals surface area (Å²) in [6.45, 7) is 6.09. The minimum absolute atomic E-state index is 0.0334. The molecular weight excluding hydrogens is 366 g/mol. The van der Waals surface area contributed by atoms with Gasteiger partial charge in [-0.1, -0.05) is 13.8 Å². The topological polar surface area (TPSA) is 83.0 Å². The first-order valence-corrected chi connectivity index (χ1v) is 9.92. The van der Waals surface area contributed by atoms with E-state index in [4.69, 9.17) is 0 Å². The van der Waals surface area contributed by atoms with E-state index in [1.165, 1.54) is 0 Å². The van der Waals surface area contributed by atoms with Crippen LogP contribution in [0.3, 0.4) is 0 Å². The van der Waals surface area contributed by atoms with Crippen molar-refractivity contribution in [2.75, 3.05) is 20.1 Å². The number of nitrogens with one attached hydrogen (secondary N) is 2. The summed E-state index contributed by atoms with van der Waals surface area (Å²) < 4.78 is 2.06. The lowest BCUT2D eigenvalue weighted by atomic mass is 10.1. The van der Waals surface area contributed by atoms with Crippen molar-refractivity contribution in [2.45, 2.75) is 32.2 Å². The van der Waals surface area contributed by atoms with Crippen molar-refractivity contribution < 1.29 is 9.59 Å². The average molecular weight is 396 g/mol. The second kappa shape index (κ2) is 9.05. The normalized spacial score (nSPS) is 16.7. The summed E-state index contributed by atoms with van der Waals surface area (Å²) in [6, 6.07) is 9.95. The Morgan fingerprint density at radius 1 is 1.28 bits per heavy atom. The largest absolute Gasteiger partial charge is 0.351 e. The summed E-state index contributed by atoms with van der Waals surface area (Å²) in [5.41, 5.74) is 3.37. The molecule has 1 aliphatic heterocycles. The lowest BCUT2D eigenvalue weighted by Crippen LogP contribution is -2.36.